The molecule has 2 aromatic rings. The quantitative estimate of drug-likeness (QED) is 0.546. The lowest BCUT2D eigenvalue weighted by molar-refractivity contribution is 1.45. The summed E-state index contributed by atoms with van der Waals surface area (Å²) in [5.41, 5.74) is 0. The highest BCUT2D eigenvalue weighted by Crippen LogP contribution is 2.30. The molecule has 2 heteroatoms. The summed E-state index contributed by atoms with van der Waals surface area (Å²) in [6.07, 6.45) is 2.10. The molecule has 0 saturated carbocycles. The Labute approximate surface area is 87.8 Å². The van der Waals surface area contributed by atoms with Crippen molar-refractivity contribution < 1.29 is 0 Å². The van der Waals surface area contributed by atoms with Gasteiger partial charge < -0.3 is 0 Å². The summed E-state index contributed by atoms with van der Waals surface area (Å²) in [7, 11) is 0. The number of rotatable bonds is 1. The molecule has 0 unspecified atom stereocenters. The van der Waals surface area contributed by atoms with Gasteiger partial charge in [0.05, 0.1) is 0 Å². The zero-order valence-electron chi connectivity index (χ0n) is 7.32. The van der Waals surface area contributed by atoms with E-state index in [1.807, 2.05) is 6.07 Å². The van der Waals surface area contributed by atoms with Crippen molar-refractivity contribution in [2.45, 2.75) is 9.79 Å². The molecule has 0 aliphatic rings. The van der Waals surface area contributed by atoms with E-state index in [1.165, 1.54) is 15.7 Å². The standard InChI is InChI=1S/C11H10S2/c1-13-11-7-6-10(12)8-4-2-3-5-9(8)11/h2-7,12H,1H3. The number of hydrogen-bond acceptors (Lipinski definition) is 2. The number of benzene rings is 2. The molecule has 0 amide bonds. The minimum absolute atomic E-state index is 1.05. The zero-order valence-corrected chi connectivity index (χ0v) is 9.03. The van der Waals surface area contributed by atoms with Gasteiger partial charge in [-0.1, -0.05) is 24.3 Å². The smallest absolute Gasteiger partial charge is 0.0148 e. The molecule has 0 nitrogen and oxygen atoms in total. The van der Waals surface area contributed by atoms with Crippen molar-refractivity contribution in [3.63, 3.8) is 0 Å². The van der Waals surface area contributed by atoms with Gasteiger partial charge in [-0.3, -0.25) is 0 Å². The molecular weight excluding hydrogens is 196 g/mol. The van der Waals surface area contributed by atoms with Crippen molar-refractivity contribution in [1.82, 2.24) is 0 Å². The van der Waals surface area contributed by atoms with E-state index in [0.717, 1.165) is 4.90 Å². The fourth-order valence-corrected chi connectivity index (χ4v) is 2.31. The first kappa shape index (κ1) is 8.97. The molecule has 0 N–H and O–H groups in total. The predicted molar refractivity (Wildman–Crippen MR) is 63.0 cm³/mol. The van der Waals surface area contributed by atoms with Gasteiger partial charge in [-0.2, -0.15) is 0 Å². The molecule has 0 aliphatic carbocycles. The molecule has 2 rings (SSSR count). The summed E-state index contributed by atoms with van der Waals surface area (Å²) in [5, 5.41) is 2.53. The monoisotopic (exact) mass is 206 g/mol. The number of thioether (sulfide) groups is 1. The maximum atomic E-state index is 4.43. The summed E-state index contributed by atoms with van der Waals surface area (Å²) in [4.78, 5) is 2.36. The highest BCUT2D eigenvalue weighted by atomic mass is 32.2. The van der Waals surface area contributed by atoms with Crippen LogP contribution in [0.2, 0.25) is 0 Å². The Kier molecular flexibility index (Phi) is 2.51. The molecule has 0 heterocycles. The fourth-order valence-electron chi connectivity index (χ4n) is 1.43. The molecule has 0 fully saturated rings. The molecule has 0 bridgehead atoms. The average Bonchev–Trinajstić information content (AvgIpc) is 2.19. The number of hydrogen-bond donors (Lipinski definition) is 1. The topological polar surface area (TPSA) is 0 Å². The van der Waals surface area contributed by atoms with Crippen LogP contribution in [-0.2, 0) is 0 Å². The van der Waals surface area contributed by atoms with E-state index in [9.17, 15) is 0 Å². The van der Waals surface area contributed by atoms with E-state index >= 15 is 0 Å². The van der Waals surface area contributed by atoms with Crippen LogP contribution in [0.1, 0.15) is 0 Å². The van der Waals surface area contributed by atoms with Crippen LogP contribution >= 0.6 is 24.4 Å². The molecule has 0 aromatic heterocycles. The first-order chi connectivity index (χ1) is 6.33. The minimum atomic E-state index is 1.05. The van der Waals surface area contributed by atoms with Crippen molar-refractivity contribution in [2.75, 3.05) is 6.26 Å². The normalized spacial score (nSPS) is 10.6. The van der Waals surface area contributed by atoms with Crippen LogP contribution < -0.4 is 0 Å². The van der Waals surface area contributed by atoms with Crippen molar-refractivity contribution in [1.29, 1.82) is 0 Å². The molecule has 0 atom stereocenters. The van der Waals surface area contributed by atoms with Gasteiger partial charge in [0.25, 0.3) is 0 Å². The highest BCUT2D eigenvalue weighted by Gasteiger charge is 2.01. The molecule has 0 aliphatic heterocycles. The van der Waals surface area contributed by atoms with Crippen LogP contribution in [0, 0.1) is 0 Å². The van der Waals surface area contributed by atoms with Crippen molar-refractivity contribution in [3.05, 3.63) is 36.4 Å². The van der Waals surface area contributed by atoms with Gasteiger partial charge in [-0.05, 0) is 29.2 Å². The van der Waals surface area contributed by atoms with E-state index in [1.54, 1.807) is 11.8 Å². The van der Waals surface area contributed by atoms with E-state index in [4.69, 9.17) is 0 Å². The third kappa shape index (κ3) is 1.56. The third-order valence-corrected chi connectivity index (χ3v) is 3.27. The summed E-state index contributed by atoms with van der Waals surface area (Å²) in [6, 6.07) is 12.5. The highest BCUT2D eigenvalue weighted by molar-refractivity contribution is 7.98. The van der Waals surface area contributed by atoms with Crippen LogP contribution in [0.15, 0.2) is 46.2 Å². The van der Waals surface area contributed by atoms with Gasteiger partial charge in [0.1, 0.15) is 0 Å². The Bertz CT molecular complexity index is 435. The van der Waals surface area contributed by atoms with Crippen LogP contribution in [0.3, 0.4) is 0 Å². The molecule has 0 radical (unpaired) electrons. The van der Waals surface area contributed by atoms with Gasteiger partial charge in [0.15, 0.2) is 0 Å². The van der Waals surface area contributed by atoms with E-state index in [2.05, 4.69) is 49.2 Å². The zero-order chi connectivity index (χ0) is 9.26. The van der Waals surface area contributed by atoms with Gasteiger partial charge in [0, 0.05) is 9.79 Å². The summed E-state index contributed by atoms with van der Waals surface area (Å²) < 4.78 is 0. The minimum Gasteiger partial charge on any atom is -0.143 e. The van der Waals surface area contributed by atoms with E-state index in [-0.39, 0.29) is 0 Å². The largest absolute Gasteiger partial charge is 0.143 e. The summed E-state index contributed by atoms with van der Waals surface area (Å²) in [6.45, 7) is 0. The number of thiol groups is 1. The van der Waals surface area contributed by atoms with Gasteiger partial charge in [-0.15, -0.1) is 24.4 Å². The predicted octanol–water partition coefficient (Wildman–Crippen LogP) is 3.85. The Morgan fingerprint density at radius 3 is 2.38 bits per heavy atom. The van der Waals surface area contributed by atoms with Crippen LogP contribution in [0.25, 0.3) is 10.8 Å². The number of fused-ring (bicyclic) bond motifs is 1. The molecule has 13 heavy (non-hydrogen) atoms. The first-order valence-corrected chi connectivity index (χ1v) is 5.75. The molecular formula is C11H10S2. The van der Waals surface area contributed by atoms with Gasteiger partial charge in [-0.25, -0.2) is 0 Å². The Morgan fingerprint density at radius 2 is 1.69 bits per heavy atom. The maximum Gasteiger partial charge on any atom is 0.0148 e. The fraction of sp³-hybridized carbons (Fsp3) is 0.0909. The van der Waals surface area contributed by atoms with E-state index in [0.29, 0.717) is 0 Å². The van der Waals surface area contributed by atoms with Crippen LogP contribution in [-0.4, -0.2) is 6.26 Å². The molecule has 2 aromatic carbocycles. The second-order valence-electron chi connectivity index (χ2n) is 2.83. The Hall–Kier alpha value is -0.600. The van der Waals surface area contributed by atoms with Crippen LogP contribution in [0.5, 0.6) is 0 Å². The molecule has 0 spiro atoms. The third-order valence-electron chi connectivity index (χ3n) is 2.08. The van der Waals surface area contributed by atoms with Crippen molar-refractivity contribution in [2.24, 2.45) is 0 Å². The van der Waals surface area contributed by atoms with Crippen molar-refractivity contribution >= 4 is 35.2 Å². The van der Waals surface area contributed by atoms with Crippen LogP contribution in [0.4, 0.5) is 0 Å². The van der Waals surface area contributed by atoms with Gasteiger partial charge >= 0.3 is 0 Å². The average molecular weight is 206 g/mol. The van der Waals surface area contributed by atoms with Crippen molar-refractivity contribution in [3.8, 4) is 0 Å². The maximum absolute atomic E-state index is 4.43. The van der Waals surface area contributed by atoms with Gasteiger partial charge in [0.2, 0.25) is 0 Å². The summed E-state index contributed by atoms with van der Waals surface area (Å²) >= 11 is 6.20. The molecule has 66 valence electrons. The SMILES string of the molecule is CSc1ccc(S)c2ccccc12. The second-order valence-corrected chi connectivity index (χ2v) is 4.16. The second kappa shape index (κ2) is 3.64. The summed E-state index contributed by atoms with van der Waals surface area (Å²) in [5.74, 6) is 0. The lowest BCUT2D eigenvalue weighted by Gasteiger charge is -2.05. The van der Waals surface area contributed by atoms with E-state index < -0.39 is 0 Å². The Balaban J connectivity index is 2.84. The molecule has 0 saturated heterocycles. The Morgan fingerprint density at radius 1 is 1.00 bits per heavy atom. The first-order valence-electron chi connectivity index (χ1n) is 4.07. The lowest BCUT2D eigenvalue weighted by atomic mass is 10.1. The lowest BCUT2D eigenvalue weighted by Crippen LogP contribution is -1.78.